The summed E-state index contributed by atoms with van der Waals surface area (Å²) in [6.45, 7) is 0.255. The van der Waals surface area contributed by atoms with E-state index in [2.05, 4.69) is 5.32 Å². The number of aliphatic hydroxyl groups is 2. The van der Waals surface area contributed by atoms with Crippen molar-refractivity contribution in [1.82, 2.24) is 0 Å². The third kappa shape index (κ3) is 3.84. The number of hydrogen-bond acceptors (Lipinski definition) is 5. The monoisotopic (exact) mass is 300 g/mol. The van der Waals surface area contributed by atoms with Crippen LogP contribution in [0.4, 0.5) is 5.69 Å². The average Bonchev–Trinajstić information content (AvgIpc) is 2.59. The van der Waals surface area contributed by atoms with Gasteiger partial charge >= 0.3 is 0 Å². The third-order valence-electron chi connectivity index (χ3n) is 3.43. The number of aliphatic hydroxyl groups excluding tert-OH is 2. The molecule has 2 rings (SSSR count). The first-order valence-electron chi connectivity index (χ1n) is 6.98. The second-order valence-electron chi connectivity index (χ2n) is 4.89. The van der Waals surface area contributed by atoms with E-state index in [0.29, 0.717) is 12.1 Å². The summed E-state index contributed by atoms with van der Waals surface area (Å²) in [4.78, 5) is 0. The van der Waals surface area contributed by atoms with E-state index < -0.39 is 6.10 Å². The van der Waals surface area contributed by atoms with Gasteiger partial charge in [-0.15, -0.1) is 0 Å². The minimum absolute atomic E-state index is 0.331. The minimum atomic E-state index is -0.915. The second kappa shape index (κ2) is 7.59. The molecule has 5 heteroatoms. The second-order valence-corrected chi connectivity index (χ2v) is 4.89. The molecule has 116 valence electrons. The van der Waals surface area contributed by atoms with Crippen molar-refractivity contribution in [2.45, 2.75) is 12.6 Å². The molecule has 0 aliphatic rings. The molecule has 0 saturated heterocycles. The lowest BCUT2D eigenvalue weighted by atomic mass is 10.1. The molecule has 22 heavy (non-hydrogen) atoms. The van der Waals surface area contributed by atoms with Gasteiger partial charge in [-0.3, -0.25) is 0 Å². The molecule has 2 aromatic rings. The van der Waals surface area contributed by atoms with Crippen LogP contribution in [0.1, 0.15) is 22.8 Å². The van der Waals surface area contributed by atoms with Gasteiger partial charge in [0.25, 0.3) is 0 Å². The van der Waals surface area contributed by atoms with Crippen LogP contribution in [0.15, 0.2) is 42.5 Å². The lowest BCUT2D eigenvalue weighted by Crippen LogP contribution is -2.06. The summed E-state index contributed by atoms with van der Waals surface area (Å²) in [5, 5.41) is 29.4. The van der Waals surface area contributed by atoms with Gasteiger partial charge in [-0.1, -0.05) is 24.3 Å². The quantitative estimate of drug-likeness (QED) is 0.591. The van der Waals surface area contributed by atoms with E-state index in [0.717, 1.165) is 22.6 Å². The molecule has 2 aromatic carbocycles. The molecule has 0 aliphatic heterocycles. The molecule has 0 heterocycles. The topological polar surface area (TPSA) is 85.6 Å². The van der Waals surface area contributed by atoms with Gasteiger partial charge in [0.1, 0.15) is 11.9 Å². The van der Waals surface area contributed by atoms with Gasteiger partial charge in [0, 0.05) is 24.0 Å². The van der Waals surface area contributed by atoms with Gasteiger partial charge in [0.05, 0.1) is 13.7 Å². The maximum atomic E-state index is 9.71. The number of methoxy groups -OCH3 is 1. The van der Waals surface area contributed by atoms with Gasteiger partial charge in [0.15, 0.2) is 0 Å². The zero-order valence-corrected chi connectivity index (χ0v) is 12.4. The van der Waals surface area contributed by atoms with Crippen molar-refractivity contribution in [3.05, 3.63) is 59.2 Å². The van der Waals surface area contributed by atoms with Crippen molar-refractivity contribution in [2.75, 3.05) is 19.0 Å². The van der Waals surface area contributed by atoms with Gasteiger partial charge in [-0.25, -0.2) is 0 Å². The van der Waals surface area contributed by atoms with Gasteiger partial charge < -0.3 is 25.7 Å². The molecule has 5 nitrogen and oxygen atoms in total. The molecule has 0 aromatic heterocycles. The fourth-order valence-corrected chi connectivity index (χ4v) is 2.11. The van der Waals surface area contributed by atoms with Crippen LogP contribution in [-0.2, 0) is 6.54 Å². The van der Waals surface area contributed by atoms with Crippen LogP contribution in [0.2, 0.25) is 0 Å². The highest BCUT2D eigenvalue weighted by Gasteiger charge is 2.09. The Bertz CT molecular complexity index is 626. The summed E-state index contributed by atoms with van der Waals surface area (Å²) in [6, 6.07) is 12.9. The molecule has 0 radical (unpaired) electrons. The molecular formula is C17H20N2O3. The summed E-state index contributed by atoms with van der Waals surface area (Å²) in [7, 11) is 1.63. The molecule has 0 saturated carbocycles. The summed E-state index contributed by atoms with van der Waals surface area (Å²) in [5.41, 5.74) is 3.16. The number of nitrogens with one attached hydrogen (secondary N) is 2. The SMILES string of the molecule is COc1ccc(CNc2cc(C(O)CO)ccc2C=N)cc1. The van der Waals surface area contributed by atoms with Crippen LogP contribution in [0, 0.1) is 5.41 Å². The van der Waals surface area contributed by atoms with Crippen LogP contribution in [0.25, 0.3) is 0 Å². The number of hydrogen-bond donors (Lipinski definition) is 4. The maximum absolute atomic E-state index is 9.71. The van der Waals surface area contributed by atoms with Crippen LogP contribution in [-0.4, -0.2) is 30.1 Å². The van der Waals surface area contributed by atoms with Crippen LogP contribution in [0.5, 0.6) is 5.75 Å². The molecule has 1 atom stereocenters. The summed E-state index contributed by atoms with van der Waals surface area (Å²) in [5.74, 6) is 0.803. The molecule has 0 amide bonds. The van der Waals surface area contributed by atoms with Crippen molar-refractivity contribution in [2.24, 2.45) is 0 Å². The van der Waals surface area contributed by atoms with Crippen molar-refractivity contribution in [1.29, 1.82) is 5.41 Å². The zero-order chi connectivity index (χ0) is 15.9. The van der Waals surface area contributed by atoms with E-state index in [9.17, 15) is 5.11 Å². The largest absolute Gasteiger partial charge is 0.497 e. The average molecular weight is 300 g/mol. The number of benzene rings is 2. The lowest BCUT2D eigenvalue weighted by Gasteiger charge is -2.14. The normalized spacial score (nSPS) is 11.8. The number of rotatable bonds is 7. The Morgan fingerprint density at radius 3 is 2.55 bits per heavy atom. The summed E-state index contributed by atoms with van der Waals surface area (Å²) < 4.78 is 5.12. The van der Waals surface area contributed by atoms with Crippen molar-refractivity contribution < 1.29 is 14.9 Å². The molecule has 4 N–H and O–H groups in total. The predicted molar refractivity (Wildman–Crippen MR) is 86.7 cm³/mol. The summed E-state index contributed by atoms with van der Waals surface area (Å²) >= 11 is 0. The van der Waals surface area contributed by atoms with Crippen molar-refractivity contribution in [3.8, 4) is 5.75 Å². The van der Waals surface area contributed by atoms with E-state index in [4.69, 9.17) is 15.3 Å². The Kier molecular flexibility index (Phi) is 5.52. The van der Waals surface area contributed by atoms with E-state index in [1.807, 2.05) is 24.3 Å². The predicted octanol–water partition coefficient (Wildman–Crippen LogP) is 2.33. The third-order valence-corrected chi connectivity index (χ3v) is 3.43. The van der Waals surface area contributed by atoms with Gasteiger partial charge in [-0.05, 0) is 29.3 Å². The minimum Gasteiger partial charge on any atom is -0.497 e. The molecule has 1 unspecified atom stereocenters. The summed E-state index contributed by atoms with van der Waals surface area (Å²) in [6.07, 6.45) is 0.340. The Hall–Kier alpha value is -2.37. The van der Waals surface area contributed by atoms with E-state index in [1.165, 1.54) is 6.21 Å². The van der Waals surface area contributed by atoms with Crippen molar-refractivity contribution >= 4 is 11.9 Å². The van der Waals surface area contributed by atoms with E-state index in [1.54, 1.807) is 25.3 Å². The van der Waals surface area contributed by atoms with Crippen LogP contribution in [0.3, 0.4) is 0 Å². The Morgan fingerprint density at radius 2 is 1.95 bits per heavy atom. The molecule has 0 bridgehead atoms. The Balaban J connectivity index is 2.14. The first-order valence-corrected chi connectivity index (χ1v) is 6.98. The van der Waals surface area contributed by atoms with E-state index in [-0.39, 0.29) is 6.61 Å². The number of anilines is 1. The fourth-order valence-electron chi connectivity index (χ4n) is 2.11. The fraction of sp³-hybridized carbons (Fsp3) is 0.235. The molecular weight excluding hydrogens is 280 g/mol. The Labute approximate surface area is 129 Å². The van der Waals surface area contributed by atoms with Crippen LogP contribution < -0.4 is 10.1 Å². The lowest BCUT2D eigenvalue weighted by molar-refractivity contribution is 0.0956. The zero-order valence-electron chi connectivity index (χ0n) is 12.4. The molecule has 0 fully saturated rings. The van der Waals surface area contributed by atoms with Gasteiger partial charge in [-0.2, -0.15) is 0 Å². The highest BCUT2D eigenvalue weighted by atomic mass is 16.5. The highest BCUT2D eigenvalue weighted by Crippen LogP contribution is 2.22. The standard InChI is InChI=1S/C17H20N2O3/c1-22-15-6-2-12(3-7-15)10-19-16-8-13(17(21)11-20)4-5-14(16)9-18/h2-9,17-21H,10-11H2,1H3. The first-order chi connectivity index (χ1) is 10.7. The maximum Gasteiger partial charge on any atom is 0.118 e. The van der Waals surface area contributed by atoms with Crippen molar-refractivity contribution in [3.63, 3.8) is 0 Å². The molecule has 0 spiro atoms. The smallest absolute Gasteiger partial charge is 0.118 e. The van der Waals surface area contributed by atoms with Gasteiger partial charge in [0.2, 0.25) is 0 Å². The highest BCUT2D eigenvalue weighted by molar-refractivity contribution is 5.86. The first kappa shape index (κ1) is 16.0. The molecule has 0 aliphatic carbocycles. The van der Waals surface area contributed by atoms with E-state index >= 15 is 0 Å². The van der Waals surface area contributed by atoms with Crippen LogP contribution >= 0.6 is 0 Å². The Morgan fingerprint density at radius 1 is 1.23 bits per heavy atom. The number of ether oxygens (including phenoxy) is 1.